The molecule has 0 spiro atoms. The summed E-state index contributed by atoms with van der Waals surface area (Å²) >= 11 is 0.864. The summed E-state index contributed by atoms with van der Waals surface area (Å²) in [5, 5.41) is 0. The predicted molar refractivity (Wildman–Crippen MR) is 159 cm³/mol. The van der Waals surface area contributed by atoms with Gasteiger partial charge in [0.15, 0.2) is 23.0 Å². The summed E-state index contributed by atoms with van der Waals surface area (Å²) in [5.41, 5.74) is 0. The molecule has 1 atom stereocenters. The minimum absolute atomic E-state index is 0.0282. The van der Waals surface area contributed by atoms with Crippen LogP contribution in [0.1, 0.15) is 6.42 Å². The topological polar surface area (TPSA) is 55.4 Å². The Kier molecular flexibility index (Phi) is 14.0. The van der Waals surface area contributed by atoms with Gasteiger partial charge in [0.25, 0.3) is 0 Å². The number of rotatable bonds is 11. The Morgan fingerprint density at radius 2 is 0.870 bits per heavy atom. The maximum atomic E-state index is 14.6. The zero-order valence-corrected chi connectivity index (χ0v) is 28.8. The normalized spacial score (nSPS) is 17.6. The molecule has 2 aromatic rings. The molecule has 1 aliphatic heterocycles. The first-order valence-electron chi connectivity index (χ1n) is 14.9. The zero-order valence-electron chi connectivity index (χ0n) is 26.7. The highest BCUT2D eigenvalue weighted by atomic mass is 127. The standard InChI is InChI=1S/C30H26F17IO6/c31-23(32,24(33,34)25(35,36)26(37,38)27(39,40)28(41,42)29(43,44)30(45,46)47)13-17(48)14-52-18-15-53-21-7-3-1-5-19(21)50-11-9-49-10-12-51-20-6-2-4-8-22(20)54-16-18/h1-8,17-18H,9-16H2. The molecular weight excluding hydrogens is 906 g/mol. The Bertz CT molecular complexity index is 1470. The van der Waals surface area contributed by atoms with Crippen molar-refractivity contribution in [3.05, 3.63) is 48.5 Å². The van der Waals surface area contributed by atoms with E-state index in [9.17, 15) is 74.6 Å². The van der Waals surface area contributed by atoms with E-state index in [4.69, 9.17) is 28.4 Å². The monoisotopic (exact) mass is 932 g/mol. The van der Waals surface area contributed by atoms with Crippen molar-refractivity contribution < 1.29 is 103 Å². The maximum absolute atomic E-state index is 14.6. The van der Waals surface area contributed by atoms with Crippen LogP contribution in [0.4, 0.5) is 74.6 Å². The molecule has 0 radical (unpaired) electrons. The smallest absolute Gasteiger partial charge is 0.460 e. The van der Waals surface area contributed by atoms with Crippen LogP contribution in [0.25, 0.3) is 0 Å². The van der Waals surface area contributed by atoms with Crippen molar-refractivity contribution in [2.45, 2.75) is 64.1 Å². The Labute approximate surface area is 307 Å². The number of fused-ring (bicyclic) bond motifs is 2. The van der Waals surface area contributed by atoms with E-state index in [-0.39, 0.29) is 49.4 Å². The first-order valence-corrected chi connectivity index (χ1v) is 16.1. The molecule has 0 N–H and O–H groups in total. The second kappa shape index (κ2) is 16.7. The summed E-state index contributed by atoms with van der Waals surface area (Å²) in [5.74, 6) is -56.3. The zero-order chi connectivity index (χ0) is 41.0. The van der Waals surface area contributed by atoms with Crippen LogP contribution in [-0.4, -0.2) is 104 Å². The quantitative estimate of drug-likeness (QED) is 0.127. The Morgan fingerprint density at radius 1 is 0.519 bits per heavy atom. The van der Waals surface area contributed by atoms with Gasteiger partial charge in [-0.05, 0) is 24.3 Å². The van der Waals surface area contributed by atoms with Gasteiger partial charge in [-0.1, -0.05) is 46.9 Å². The summed E-state index contributed by atoms with van der Waals surface area (Å²) in [7, 11) is 0. The largest absolute Gasteiger partial charge is 0.487 e. The van der Waals surface area contributed by atoms with E-state index in [0.29, 0.717) is 0 Å². The van der Waals surface area contributed by atoms with Gasteiger partial charge in [-0.3, -0.25) is 0 Å². The van der Waals surface area contributed by atoms with Crippen LogP contribution in [0, 0.1) is 0 Å². The molecule has 0 aromatic heterocycles. The number of alkyl halides is 18. The van der Waals surface area contributed by atoms with Gasteiger partial charge in [-0.15, -0.1) is 0 Å². The molecule has 308 valence electrons. The number of halogens is 18. The van der Waals surface area contributed by atoms with Gasteiger partial charge in [-0.2, -0.15) is 74.6 Å². The minimum atomic E-state index is -8.69. The second-order valence-electron chi connectivity index (χ2n) is 11.2. The van der Waals surface area contributed by atoms with Gasteiger partial charge in [0.05, 0.1) is 19.8 Å². The molecule has 1 aliphatic rings. The highest BCUT2D eigenvalue weighted by Crippen LogP contribution is 2.64. The Morgan fingerprint density at radius 3 is 1.26 bits per heavy atom. The van der Waals surface area contributed by atoms with Crippen LogP contribution >= 0.6 is 22.6 Å². The van der Waals surface area contributed by atoms with Crippen molar-refractivity contribution in [2.24, 2.45) is 0 Å². The van der Waals surface area contributed by atoms with Crippen molar-refractivity contribution >= 4 is 22.6 Å². The summed E-state index contributed by atoms with van der Waals surface area (Å²) in [6.45, 7) is -1.96. The molecule has 1 unspecified atom stereocenters. The molecule has 0 fully saturated rings. The highest BCUT2D eigenvalue weighted by Gasteiger charge is 2.95. The van der Waals surface area contributed by atoms with Crippen LogP contribution in [0.15, 0.2) is 48.5 Å². The van der Waals surface area contributed by atoms with Crippen molar-refractivity contribution in [3.63, 3.8) is 0 Å². The molecule has 0 amide bonds. The third kappa shape index (κ3) is 9.04. The van der Waals surface area contributed by atoms with Crippen LogP contribution in [0.2, 0.25) is 0 Å². The molecule has 2 aromatic carbocycles. The Hall–Kier alpha value is -2.90. The van der Waals surface area contributed by atoms with Crippen LogP contribution in [-0.2, 0) is 9.47 Å². The first kappa shape index (κ1) is 45.5. The molecule has 0 aliphatic carbocycles. The van der Waals surface area contributed by atoms with Gasteiger partial charge >= 0.3 is 47.6 Å². The van der Waals surface area contributed by atoms with Gasteiger partial charge < -0.3 is 28.4 Å². The lowest BCUT2D eigenvalue weighted by Gasteiger charge is -2.43. The molecular formula is C30H26F17IO6. The van der Waals surface area contributed by atoms with Gasteiger partial charge in [0.1, 0.15) is 32.5 Å². The number of para-hydroxylation sites is 4. The van der Waals surface area contributed by atoms with Crippen molar-refractivity contribution in [1.82, 2.24) is 0 Å². The Balaban J connectivity index is 1.83. The van der Waals surface area contributed by atoms with Gasteiger partial charge in [0.2, 0.25) is 0 Å². The summed E-state index contributed by atoms with van der Waals surface area (Å²) in [4.78, 5) is 0. The molecule has 54 heavy (non-hydrogen) atoms. The fourth-order valence-corrected chi connectivity index (χ4v) is 5.07. The number of ether oxygens (including phenoxy) is 6. The van der Waals surface area contributed by atoms with E-state index in [0.717, 1.165) is 22.6 Å². The maximum Gasteiger partial charge on any atom is 0.460 e. The van der Waals surface area contributed by atoms with E-state index in [2.05, 4.69) is 0 Å². The summed E-state index contributed by atoms with van der Waals surface area (Å²) in [6.07, 6.45) is -11.8. The molecule has 1 heterocycles. The fourth-order valence-electron chi connectivity index (χ4n) is 4.31. The number of hydrogen-bond donors (Lipinski definition) is 0. The molecule has 3 rings (SSSR count). The van der Waals surface area contributed by atoms with E-state index >= 15 is 0 Å². The van der Waals surface area contributed by atoms with Gasteiger partial charge in [-0.25, -0.2) is 0 Å². The van der Waals surface area contributed by atoms with Crippen molar-refractivity contribution in [3.8, 4) is 23.0 Å². The fraction of sp³-hybridized carbons (Fsp3) is 0.600. The average molecular weight is 932 g/mol. The molecule has 0 saturated heterocycles. The van der Waals surface area contributed by atoms with Crippen LogP contribution in [0.5, 0.6) is 23.0 Å². The molecule has 6 nitrogen and oxygen atoms in total. The average Bonchev–Trinajstić information content (AvgIpc) is 3.06. The lowest BCUT2D eigenvalue weighted by molar-refractivity contribution is -0.461. The minimum Gasteiger partial charge on any atom is -0.487 e. The highest BCUT2D eigenvalue weighted by molar-refractivity contribution is 14.1. The van der Waals surface area contributed by atoms with E-state index in [1.165, 1.54) is 36.4 Å². The van der Waals surface area contributed by atoms with Gasteiger partial charge in [0, 0.05) is 10.3 Å². The summed E-state index contributed by atoms with van der Waals surface area (Å²) in [6, 6.07) is 11.9. The molecule has 0 bridgehead atoms. The molecule has 0 saturated carbocycles. The lowest BCUT2D eigenvalue weighted by atomic mass is 9.88. The van der Waals surface area contributed by atoms with Crippen molar-refractivity contribution in [2.75, 3.05) is 46.2 Å². The molecule has 24 heteroatoms. The SMILES string of the molecule is FC(F)(F)C(F)(F)C(F)(F)C(F)(F)C(F)(F)C(F)(F)C(F)(F)C(F)(F)CC(I)COC1COc2ccccc2OCCOCCOc2ccccc2OC1. The predicted octanol–water partition coefficient (Wildman–Crippen LogP) is 9.52. The number of benzene rings is 2. The van der Waals surface area contributed by atoms with Crippen LogP contribution < -0.4 is 18.9 Å². The van der Waals surface area contributed by atoms with E-state index < -0.39 is 83.9 Å². The second-order valence-corrected chi connectivity index (χ2v) is 13.0. The third-order valence-corrected chi connectivity index (χ3v) is 8.10. The lowest BCUT2D eigenvalue weighted by Crippen LogP contribution is -2.74. The van der Waals surface area contributed by atoms with E-state index in [1.807, 2.05) is 0 Å². The van der Waals surface area contributed by atoms with Crippen LogP contribution in [0.3, 0.4) is 0 Å². The summed E-state index contributed by atoms with van der Waals surface area (Å²) < 4.78 is 264. The van der Waals surface area contributed by atoms with Crippen molar-refractivity contribution in [1.29, 1.82) is 0 Å². The first-order chi connectivity index (χ1) is 24.7. The third-order valence-electron chi connectivity index (χ3n) is 7.30. The van der Waals surface area contributed by atoms with E-state index in [1.54, 1.807) is 12.1 Å². The number of hydrogen-bond acceptors (Lipinski definition) is 6.